The summed E-state index contributed by atoms with van der Waals surface area (Å²) in [5.41, 5.74) is 6.65. The molecule has 0 bridgehead atoms. The molecule has 0 aliphatic heterocycles. The molecular weight excluding hydrogens is 699 g/mol. The number of pyridine rings is 1. The van der Waals surface area contributed by atoms with Gasteiger partial charge in [-0.25, -0.2) is 13.4 Å². The number of benzene rings is 2. The monoisotopic (exact) mass is 749 g/mol. The first kappa shape index (κ1) is 41.9. The van der Waals surface area contributed by atoms with E-state index in [9.17, 15) is 22.8 Å². The summed E-state index contributed by atoms with van der Waals surface area (Å²) in [6, 6.07) is 18.5. The fraction of sp³-hybridized carbons (Fsp3) is 0.395. The lowest BCUT2D eigenvalue weighted by Crippen LogP contribution is -2.48. The Morgan fingerprint density at radius 3 is 2.40 bits per heavy atom. The van der Waals surface area contributed by atoms with Crippen molar-refractivity contribution in [1.82, 2.24) is 31.2 Å². The second kappa shape index (κ2) is 21.8. The predicted octanol–water partition coefficient (Wildman–Crippen LogP) is 4.44. The van der Waals surface area contributed by atoms with Crippen molar-refractivity contribution in [3.63, 3.8) is 0 Å². The largest absolute Gasteiger partial charge is 0.354 e. The molecule has 0 radical (unpaired) electrons. The van der Waals surface area contributed by atoms with Gasteiger partial charge in [-0.3, -0.25) is 23.7 Å². The zero-order valence-corrected chi connectivity index (χ0v) is 32.1. The van der Waals surface area contributed by atoms with Crippen molar-refractivity contribution in [2.45, 2.75) is 64.7 Å². The molecule has 1 unspecified atom stereocenters. The lowest BCUT2D eigenvalue weighted by molar-refractivity contribution is -0.122. The molecule has 2 heterocycles. The Morgan fingerprint density at radius 2 is 1.83 bits per heavy atom. The maximum atomic E-state index is 12.1. The summed E-state index contributed by atoms with van der Waals surface area (Å²) in [7, 11) is -1.50. The zero-order valence-electron chi connectivity index (χ0n) is 30.5. The molecule has 1 saturated carbocycles. The highest BCUT2D eigenvalue weighted by atomic mass is 32.2. The van der Waals surface area contributed by atoms with Crippen molar-refractivity contribution in [3.8, 4) is 0 Å². The van der Waals surface area contributed by atoms with Crippen LogP contribution in [0.5, 0.6) is 0 Å². The molecule has 5 rings (SSSR count). The van der Waals surface area contributed by atoms with Gasteiger partial charge in [0.25, 0.3) is 0 Å². The van der Waals surface area contributed by atoms with Gasteiger partial charge in [0.1, 0.15) is 6.29 Å². The molecule has 280 valence electrons. The lowest BCUT2D eigenvalue weighted by Gasteiger charge is -2.23. The Labute approximate surface area is 311 Å². The Bertz CT molecular complexity index is 1760. The molecule has 3 atom stereocenters. The maximum Gasteiger partial charge on any atom is 0.236 e. The summed E-state index contributed by atoms with van der Waals surface area (Å²) >= 11 is 1.53. The van der Waals surface area contributed by atoms with Crippen LogP contribution in [0, 0.1) is 12.8 Å². The fourth-order valence-electron chi connectivity index (χ4n) is 4.96. The van der Waals surface area contributed by atoms with Crippen molar-refractivity contribution in [1.29, 1.82) is 0 Å². The quantitative estimate of drug-likeness (QED) is 0.114. The number of aromatic nitrogens is 2. The summed E-state index contributed by atoms with van der Waals surface area (Å²) in [4.78, 5) is 41.8. The van der Waals surface area contributed by atoms with Gasteiger partial charge in [0.05, 0.1) is 35.7 Å². The third-order valence-electron chi connectivity index (χ3n) is 8.26. The normalized spacial score (nSPS) is 13.9. The van der Waals surface area contributed by atoms with Gasteiger partial charge in [-0.15, -0.1) is 11.3 Å². The molecule has 4 aromatic rings. The van der Waals surface area contributed by atoms with Gasteiger partial charge >= 0.3 is 0 Å². The van der Waals surface area contributed by atoms with Gasteiger partial charge in [0, 0.05) is 54.9 Å². The van der Waals surface area contributed by atoms with Crippen LogP contribution in [0.3, 0.4) is 0 Å². The average molecular weight is 750 g/mol. The van der Waals surface area contributed by atoms with Crippen LogP contribution in [-0.2, 0) is 32.6 Å². The summed E-state index contributed by atoms with van der Waals surface area (Å²) in [5.74, 6) is 0.690. The summed E-state index contributed by atoms with van der Waals surface area (Å²) in [6.45, 7) is 7.33. The Hall–Kier alpha value is -4.50. The van der Waals surface area contributed by atoms with Crippen molar-refractivity contribution < 1.29 is 22.8 Å². The first-order valence-electron chi connectivity index (χ1n) is 17.2. The molecule has 2 aromatic carbocycles. The molecular formula is C38H51N7O5S2. The number of nitrogens with one attached hydrogen (secondary N) is 4. The molecule has 2 aromatic heterocycles. The zero-order chi connectivity index (χ0) is 37.9. The predicted molar refractivity (Wildman–Crippen MR) is 208 cm³/mol. The second-order valence-corrected chi connectivity index (χ2v) is 15.4. The summed E-state index contributed by atoms with van der Waals surface area (Å²) in [6.07, 6.45) is 9.34. The highest BCUT2D eigenvalue weighted by molar-refractivity contribution is 7.92. The molecule has 1 aliphatic rings. The van der Waals surface area contributed by atoms with Crippen LogP contribution in [-0.4, -0.2) is 75.5 Å². The van der Waals surface area contributed by atoms with Gasteiger partial charge in [-0.2, -0.15) is 0 Å². The molecule has 14 heteroatoms. The Balaban J connectivity index is 0.000000224. The van der Waals surface area contributed by atoms with Gasteiger partial charge in [-0.05, 0) is 87.5 Å². The molecule has 4 N–H and O–H groups in total. The number of aryl methyl sites for hydroxylation is 1. The van der Waals surface area contributed by atoms with Crippen LogP contribution < -0.4 is 25.6 Å². The van der Waals surface area contributed by atoms with E-state index in [1.165, 1.54) is 40.3 Å². The van der Waals surface area contributed by atoms with Crippen molar-refractivity contribution in [2.75, 3.05) is 30.7 Å². The van der Waals surface area contributed by atoms with E-state index in [1.807, 2.05) is 68.9 Å². The smallest absolute Gasteiger partial charge is 0.236 e. The van der Waals surface area contributed by atoms with Crippen molar-refractivity contribution >= 4 is 45.7 Å². The number of carbonyl (C=O) groups excluding carboxylic acids is 3. The number of aldehydes is 1. The fourth-order valence-corrected chi connectivity index (χ4v) is 6.40. The Kier molecular flexibility index (Phi) is 17.5. The number of hydrogen-bond donors (Lipinski definition) is 4. The molecule has 52 heavy (non-hydrogen) atoms. The van der Waals surface area contributed by atoms with E-state index >= 15 is 0 Å². The van der Waals surface area contributed by atoms with Crippen LogP contribution in [0.25, 0.3) is 0 Å². The minimum Gasteiger partial charge on any atom is -0.354 e. The highest BCUT2D eigenvalue weighted by Gasteiger charge is 2.23. The number of amides is 2. The standard InChI is InChI=1S/C16H17NO3S.C14H22N4O2S.C8H12N2/c1-13-8-15(12-18)10-16(9-13)17(21(2,19)20)11-14-6-4-3-5-7-14;1-10(14(20)16-5-11-2-3-11)15-6-12(17-8-19)4-13-7-21-9-18-13;1-7(9-2)8-4-3-5-10-6-8/h3-10,12H,11H2,1-2H3;7-12,15H,2-6H2,1H3,(H,16,20)(H,17,19);3-7,9H,1-2H3/t;10-,12-;/m.0./s1. The summed E-state index contributed by atoms with van der Waals surface area (Å²) in [5, 5.41) is 14.0. The number of thiazole rings is 1. The molecule has 1 fully saturated rings. The minimum absolute atomic E-state index is 0.0143. The average Bonchev–Trinajstić information content (AvgIpc) is 3.84. The molecule has 2 amide bonds. The van der Waals surface area contributed by atoms with Gasteiger partial charge < -0.3 is 21.3 Å². The van der Waals surface area contributed by atoms with Crippen LogP contribution >= 0.6 is 11.3 Å². The number of rotatable bonds is 17. The van der Waals surface area contributed by atoms with E-state index in [2.05, 4.69) is 44.2 Å². The van der Waals surface area contributed by atoms with E-state index in [0.29, 0.717) is 42.6 Å². The number of nitrogens with zero attached hydrogens (tertiary/aromatic N) is 3. The van der Waals surface area contributed by atoms with E-state index in [4.69, 9.17) is 0 Å². The first-order chi connectivity index (χ1) is 24.9. The van der Waals surface area contributed by atoms with Crippen LogP contribution in [0.4, 0.5) is 5.69 Å². The van der Waals surface area contributed by atoms with Crippen LogP contribution in [0.15, 0.2) is 83.9 Å². The SMILES string of the molecule is CNC(C)c1cccnc1.C[C@H](NC[C@H](Cc1cscn1)NC=O)C(=O)NCC1CC1.Cc1cc(C=O)cc(N(Cc2ccccc2)S(C)(=O)=O)c1. The van der Waals surface area contributed by atoms with Crippen LogP contribution in [0.2, 0.25) is 0 Å². The van der Waals surface area contributed by atoms with Gasteiger partial charge in [0.15, 0.2) is 0 Å². The highest BCUT2D eigenvalue weighted by Crippen LogP contribution is 2.27. The first-order valence-corrected chi connectivity index (χ1v) is 20.0. The van der Waals surface area contributed by atoms with E-state index in [0.717, 1.165) is 29.7 Å². The maximum absolute atomic E-state index is 12.1. The minimum atomic E-state index is -3.44. The summed E-state index contributed by atoms with van der Waals surface area (Å²) < 4.78 is 25.5. The number of sulfonamides is 1. The second-order valence-electron chi connectivity index (χ2n) is 12.8. The molecule has 0 spiro atoms. The van der Waals surface area contributed by atoms with Crippen LogP contribution in [0.1, 0.15) is 65.5 Å². The van der Waals surface area contributed by atoms with Crippen molar-refractivity contribution in [3.05, 3.63) is 112 Å². The molecule has 0 saturated heterocycles. The molecule has 1 aliphatic carbocycles. The number of anilines is 1. The van der Waals surface area contributed by atoms with E-state index < -0.39 is 10.0 Å². The van der Waals surface area contributed by atoms with Crippen molar-refractivity contribution in [2.24, 2.45) is 5.92 Å². The third-order valence-corrected chi connectivity index (χ3v) is 10.0. The molecule has 12 nitrogen and oxygen atoms in total. The number of carbonyl (C=O) groups is 3. The van der Waals surface area contributed by atoms with Gasteiger partial charge in [-0.1, -0.05) is 36.4 Å². The lowest BCUT2D eigenvalue weighted by atomic mass is 10.1. The third kappa shape index (κ3) is 15.4. The Morgan fingerprint density at radius 1 is 1.08 bits per heavy atom. The van der Waals surface area contributed by atoms with E-state index in [1.54, 1.807) is 29.9 Å². The van der Waals surface area contributed by atoms with Gasteiger partial charge in [0.2, 0.25) is 22.3 Å². The number of hydrogen-bond acceptors (Lipinski definition) is 10. The van der Waals surface area contributed by atoms with E-state index in [-0.39, 0.29) is 24.5 Å². The topological polar surface area (TPSA) is 162 Å².